The molecule has 1 aliphatic rings. The van der Waals surface area contributed by atoms with Crippen LogP contribution in [0.25, 0.3) is 0 Å². The zero-order valence-corrected chi connectivity index (χ0v) is 14.4. The summed E-state index contributed by atoms with van der Waals surface area (Å²) in [6, 6.07) is -0.728. The van der Waals surface area contributed by atoms with Crippen LogP contribution < -0.4 is 10.6 Å². The van der Waals surface area contributed by atoms with Crippen molar-refractivity contribution >= 4 is 23.3 Å². The molecule has 1 aromatic rings. The molecule has 1 saturated heterocycles. The molecule has 1 aromatic heterocycles. The second-order valence-corrected chi connectivity index (χ2v) is 6.99. The number of aromatic nitrogens is 1. The molecule has 22 heavy (non-hydrogen) atoms. The first-order chi connectivity index (χ1) is 10.4. The van der Waals surface area contributed by atoms with Crippen molar-refractivity contribution in [1.82, 2.24) is 20.5 Å². The molecule has 1 aliphatic heterocycles. The van der Waals surface area contributed by atoms with E-state index in [-0.39, 0.29) is 18.0 Å². The van der Waals surface area contributed by atoms with E-state index in [4.69, 9.17) is 0 Å². The van der Waals surface area contributed by atoms with Gasteiger partial charge in [0.1, 0.15) is 6.04 Å². The van der Waals surface area contributed by atoms with Gasteiger partial charge in [-0.05, 0) is 40.0 Å². The van der Waals surface area contributed by atoms with Gasteiger partial charge in [-0.3, -0.25) is 4.79 Å². The lowest BCUT2D eigenvalue weighted by atomic mass is 10.1. The second-order valence-electron chi connectivity index (χ2n) is 5.76. The molecule has 0 radical (unpaired) electrons. The van der Waals surface area contributed by atoms with E-state index in [2.05, 4.69) is 15.6 Å². The topological polar surface area (TPSA) is 74.3 Å². The molecule has 0 aliphatic carbocycles. The molecule has 7 heteroatoms. The minimum absolute atomic E-state index is 0.0694. The molecule has 3 amide bonds. The Balaban J connectivity index is 2.02. The van der Waals surface area contributed by atoms with Gasteiger partial charge in [0, 0.05) is 18.5 Å². The monoisotopic (exact) mass is 324 g/mol. The molecule has 0 unspecified atom stereocenters. The molecular weight excluding hydrogens is 300 g/mol. The van der Waals surface area contributed by atoms with E-state index >= 15 is 0 Å². The van der Waals surface area contributed by atoms with Crippen LogP contribution in [-0.2, 0) is 4.79 Å². The summed E-state index contributed by atoms with van der Waals surface area (Å²) >= 11 is 1.61. The molecule has 2 rings (SSSR count). The smallest absolute Gasteiger partial charge is 0.318 e. The van der Waals surface area contributed by atoms with Crippen LogP contribution in [0.2, 0.25) is 0 Å². The number of aryl methyl sites for hydroxylation is 2. The highest BCUT2D eigenvalue weighted by atomic mass is 32.1. The molecule has 122 valence electrons. The van der Waals surface area contributed by atoms with E-state index in [0.717, 1.165) is 28.4 Å². The molecular formula is C15H24N4O2S. The Morgan fingerprint density at radius 1 is 1.45 bits per heavy atom. The summed E-state index contributed by atoms with van der Waals surface area (Å²) in [6.07, 6.45) is 2.60. The van der Waals surface area contributed by atoms with Gasteiger partial charge in [-0.15, -0.1) is 11.3 Å². The quantitative estimate of drug-likeness (QED) is 0.894. The number of nitrogens with one attached hydrogen (secondary N) is 2. The lowest BCUT2D eigenvalue weighted by Crippen LogP contribution is -2.49. The summed E-state index contributed by atoms with van der Waals surface area (Å²) in [4.78, 5) is 31.5. The minimum atomic E-state index is -0.436. The molecule has 1 fully saturated rings. The van der Waals surface area contributed by atoms with Gasteiger partial charge >= 0.3 is 6.03 Å². The molecule has 6 nitrogen and oxygen atoms in total. The van der Waals surface area contributed by atoms with Gasteiger partial charge in [0.15, 0.2) is 0 Å². The van der Waals surface area contributed by atoms with E-state index in [9.17, 15) is 9.59 Å². The fraction of sp³-hybridized carbons (Fsp3) is 0.667. The molecule has 2 N–H and O–H groups in total. The number of carbonyl (C=O) groups excluding carboxylic acids is 2. The summed E-state index contributed by atoms with van der Waals surface area (Å²) in [5.74, 6) is -0.0864. The lowest BCUT2D eigenvalue weighted by Gasteiger charge is -2.27. The zero-order valence-electron chi connectivity index (χ0n) is 13.6. The van der Waals surface area contributed by atoms with Crippen LogP contribution in [0.15, 0.2) is 0 Å². The Morgan fingerprint density at radius 3 is 2.82 bits per heavy atom. The zero-order chi connectivity index (χ0) is 16.3. The van der Waals surface area contributed by atoms with E-state index in [1.54, 1.807) is 23.3 Å². The van der Waals surface area contributed by atoms with Crippen molar-refractivity contribution in [2.75, 3.05) is 13.6 Å². The maximum absolute atomic E-state index is 12.4. The van der Waals surface area contributed by atoms with Crippen molar-refractivity contribution in [2.24, 2.45) is 0 Å². The number of rotatable bonds is 3. The highest BCUT2D eigenvalue weighted by molar-refractivity contribution is 7.11. The van der Waals surface area contributed by atoms with Crippen LogP contribution >= 0.6 is 11.3 Å². The van der Waals surface area contributed by atoms with Gasteiger partial charge in [-0.25, -0.2) is 9.78 Å². The van der Waals surface area contributed by atoms with E-state index < -0.39 is 6.04 Å². The van der Waals surface area contributed by atoms with E-state index in [1.165, 1.54) is 0 Å². The predicted octanol–water partition coefficient (Wildman–Crippen LogP) is 2.13. The number of hydrogen-bond acceptors (Lipinski definition) is 4. The van der Waals surface area contributed by atoms with Gasteiger partial charge in [-0.2, -0.15) is 0 Å². The Hall–Kier alpha value is -1.63. The van der Waals surface area contributed by atoms with Crippen molar-refractivity contribution in [3.63, 3.8) is 0 Å². The molecule has 0 bridgehead atoms. The second kappa shape index (κ2) is 7.09. The number of thiazole rings is 1. The minimum Gasteiger partial charge on any atom is -0.354 e. The van der Waals surface area contributed by atoms with Gasteiger partial charge in [0.25, 0.3) is 0 Å². The summed E-state index contributed by atoms with van der Waals surface area (Å²) in [5, 5.41) is 6.67. The van der Waals surface area contributed by atoms with Gasteiger partial charge in [0.2, 0.25) is 5.91 Å². The largest absolute Gasteiger partial charge is 0.354 e. The number of amides is 3. The Labute approximate surface area is 135 Å². The van der Waals surface area contributed by atoms with Crippen molar-refractivity contribution < 1.29 is 9.59 Å². The van der Waals surface area contributed by atoms with Gasteiger partial charge in [-0.1, -0.05) is 0 Å². The average molecular weight is 324 g/mol. The van der Waals surface area contributed by atoms with Crippen LogP contribution in [-0.4, -0.2) is 41.5 Å². The summed E-state index contributed by atoms with van der Waals surface area (Å²) in [5.41, 5.74) is 0.960. The van der Waals surface area contributed by atoms with E-state index in [1.807, 2.05) is 20.8 Å². The average Bonchev–Trinajstić information content (AvgIpc) is 2.68. The highest BCUT2D eigenvalue weighted by Crippen LogP contribution is 2.28. The van der Waals surface area contributed by atoms with Crippen molar-refractivity contribution in [3.05, 3.63) is 15.6 Å². The van der Waals surface area contributed by atoms with Crippen LogP contribution in [0, 0.1) is 13.8 Å². The van der Waals surface area contributed by atoms with Gasteiger partial charge < -0.3 is 15.5 Å². The van der Waals surface area contributed by atoms with Gasteiger partial charge in [0.05, 0.1) is 16.7 Å². The molecule has 0 spiro atoms. The first-order valence-corrected chi connectivity index (χ1v) is 8.46. The normalized spacial score (nSPS) is 20.0. The number of hydrogen-bond donors (Lipinski definition) is 2. The SMILES string of the molecule is Cc1nc(C)c([C@@H](C)N(C)C(=O)N[C@H]2CCCCNC2=O)s1. The first kappa shape index (κ1) is 16.7. The third-order valence-corrected chi connectivity index (χ3v) is 5.30. The molecule has 0 saturated carbocycles. The summed E-state index contributed by atoms with van der Waals surface area (Å²) in [6.45, 7) is 6.59. The maximum Gasteiger partial charge on any atom is 0.318 e. The lowest BCUT2D eigenvalue weighted by molar-refractivity contribution is -0.122. The highest BCUT2D eigenvalue weighted by Gasteiger charge is 2.26. The van der Waals surface area contributed by atoms with Crippen LogP contribution in [0.3, 0.4) is 0 Å². The standard InChI is InChI=1S/C15H24N4O2S/c1-9-13(22-11(3)17-9)10(2)19(4)15(21)18-12-7-5-6-8-16-14(12)20/h10,12H,5-8H2,1-4H3,(H,16,20)(H,18,21)/t10-,12+/m1/s1. The van der Waals surface area contributed by atoms with Crippen molar-refractivity contribution in [2.45, 2.75) is 52.1 Å². The van der Waals surface area contributed by atoms with Crippen molar-refractivity contribution in [3.8, 4) is 0 Å². The first-order valence-electron chi connectivity index (χ1n) is 7.65. The van der Waals surface area contributed by atoms with Crippen LogP contribution in [0.4, 0.5) is 4.79 Å². The fourth-order valence-electron chi connectivity index (χ4n) is 2.61. The molecule has 0 aromatic carbocycles. The third-order valence-electron chi connectivity index (χ3n) is 4.05. The van der Waals surface area contributed by atoms with E-state index in [0.29, 0.717) is 13.0 Å². The predicted molar refractivity (Wildman–Crippen MR) is 86.9 cm³/mol. The van der Waals surface area contributed by atoms with Crippen molar-refractivity contribution in [1.29, 1.82) is 0 Å². The Morgan fingerprint density at radius 2 is 2.18 bits per heavy atom. The maximum atomic E-state index is 12.4. The Kier molecular flexibility index (Phi) is 5.39. The number of urea groups is 1. The molecule has 2 heterocycles. The third kappa shape index (κ3) is 3.76. The number of nitrogens with zero attached hydrogens (tertiary/aromatic N) is 2. The molecule has 2 atom stereocenters. The summed E-state index contributed by atoms with van der Waals surface area (Å²) < 4.78 is 0. The fourth-order valence-corrected chi connectivity index (χ4v) is 3.64. The number of carbonyl (C=O) groups is 2. The summed E-state index contributed by atoms with van der Waals surface area (Å²) in [7, 11) is 1.75. The van der Waals surface area contributed by atoms with Crippen LogP contribution in [0.1, 0.15) is 47.8 Å². The Bertz CT molecular complexity index is 558. The van der Waals surface area contributed by atoms with Crippen LogP contribution in [0.5, 0.6) is 0 Å².